The molecule has 110 valence electrons. The smallest absolute Gasteiger partial charge is 0.172 e. The van der Waals surface area contributed by atoms with Crippen molar-refractivity contribution >= 4 is 5.57 Å². The molecular weight excluding hydrogens is 266 g/mol. The van der Waals surface area contributed by atoms with Gasteiger partial charge in [-0.05, 0) is 25.0 Å². The van der Waals surface area contributed by atoms with Crippen LogP contribution < -0.4 is 5.32 Å². The normalized spacial score (nSPS) is 23.2. The molecule has 1 aromatic heterocycles. The molecule has 3 heterocycles. The van der Waals surface area contributed by atoms with E-state index >= 15 is 0 Å². The van der Waals surface area contributed by atoms with Crippen LogP contribution in [0.1, 0.15) is 30.7 Å². The van der Waals surface area contributed by atoms with Gasteiger partial charge in [0.05, 0.1) is 18.8 Å². The van der Waals surface area contributed by atoms with E-state index in [9.17, 15) is 0 Å². The first-order chi connectivity index (χ1) is 10.2. The summed E-state index contributed by atoms with van der Waals surface area (Å²) in [6.07, 6.45) is 4.48. The van der Waals surface area contributed by atoms with E-state index in [0.29, 0.717) is 13.2 Å². The van der Waals surface area contributed by atoms with Crippen LogP contribution in [0.25, 0.3) is 5.57 Å². The number of aromatic nitrogens is 2. The van der Waals surface area contributed by atoms with Crippen LogP contribution in [-0.4, -0.2) is 28.8 Å². The largest absolute Gasteiger partial charge is 0.358 e. The number of hydrogen-bond acceptors (Lipinski definition) is 4. The van der Waals surface area contributed by atoms with Crippen LogP contribution in [-0.2, 0) is 16.5 Å². The molecule has 0 saturated carbocycles. The molecule has 5 nitrogen and oxygen atoms in total. The Hall–Kier alpha value is -1.81. The summed E-state index contributed by atoms with van der Waals surface area (Å²) < 4.78 is 13.7. The van der Waals surface area contributed by atoms with Crippen LogP contribution in [0.2, 0.25) is 0 Å². The first-order valence-corrected chi connectivity index (χ1v) is 7.40. The zero-order valence-electron chi connectivity index (χ0n) is 12.4. The fourth-order valence-electron chi connectivity index (χ4n) is 3.27. The molecule has 0 bridgehead atoms. The quantitative estimate of drug-likeness (QED) is 0.802. The summed E-state index contributed by atoms with van der Waals surface area (Å²) in [5.41, 5.74) is 8.96. The van der Waals surface area contributed by atoms with E-state index in [1.165, 1.54) is 11.3 Å². The van der Waals surface area contributed by atoms with Crippen molar-refractivity contribution < 1.29 is 9.47 Å². The minimum absolute atomic E-state index is 0.436. The topological polar surface area (TPSA) is 48.3 Å². The van der Waals surface area contributed by atoms with Gasteiger partial charge >= 0.3 is 0 Å². The molecule has 0 atom stereocenters. The van der Waals surface area contributed by atoms with E-state index in [1.54, 1.807) is 0 Å². The van der Waals surface area contributed by atoms with Crippen molar-refractivity contribution in [2.45, 2.75) is 32.0 Å². The van der Waals surface area contributed by atoms with Crippen molar-refractivity contribution in [3.05, 3.63) is 40.7 Å². The molecule has 0 unspecified atom stereocenters. The lowest BCUT2D eigenvalue weighted by Gasteiger charge is -2.35. The minimum Gasteiger partial charge on any atom is -0.358 e. The molecule has 21 heavy (non-hydrogen) atoms. The maximum atomic E-state index is 5.88. The summed E-state index contributed by atoms with van der Waals surface area (Å²) in [5, 5.41) is 7.92. The number of nitrogens with zero attached hydrogens (tertiary/aromatic N) is 2. The second-order valence-electron chi connectivity index (χ2n) is 5.84. The lowest BCUT2D eigenvalue weighted by molar-refractivity contribution is -0.163. The van der Waals surface area contributed by atoms with Crippen molar-refractivity contribution in [2.24, 2.45) is 7.05 Å². The van der Waals surface area contributed by atoms with Crippen molar-refractivity contribution in [3.8, 4) is 0 Å². The van der Waals surface area contributed by atoms with Crippen molar-refractivity contribution in [1.82, 2.24) is 15.1 Å². The fraction of sp³-hybridized carbons (Fsp3) is 0.500. The van der Waals surface area contributed by atoms with Gasteiger partial charge in [-0.15, -0.1) is 0 Å². The monoisotopic (exact) mass is 285 g/mol. The van der Waals surface area contributed by atoms with Gasteiger partial charge in [0.15, 0.2) is 5.79 Å². The van der Waals surface area contributed by atoms with Gasteiger partial charge < -0.3 is 14.8 Å². The van der Waals surface area contributed by atoms with Crippen LogP contribution in [0.3, 0.4) is 0 Å². The van der Waals surface area contributed by atoms with E-state index in [4.69, 9.17) is 9.47 Å². The molecule has 0 aromatic carbocycles. The molecule has 4 rings (SSSR count). The Morgan fingerprint density at radius 2 is 2.19 bits per heavy atom. The van der Waals surface area contributed by atoms with Gasteiger partial charge in [0.25, 0.3) is 0 Å². The Morgan fingerprint density at radius 3 is 2.90 bits per heavy atom. The summed E-state index contributed by atoms with van der Waals surface area (Å²) in [4.78, 5) is 0. The second kappa shape index (κ2) is 4.60. The minimum atomic E-state index is -0.436. The van der Waals surface area contributed by atoms with Gasteiger partial charge in [-0.2, -0.15) is 5.10 Å². The van der Waals surface area contributed by atoms with Gasteiger partial charge in [-0.1, -0.05) is 5.73 Å². The summed E-state index contributed by atoms with van der Waals surface area (Å²) >= 11 is 0. The molecule has 2 aliphatic heterocycles. The summed E-state index contributed by atoms with van der Waals surface area (Å²) in [6, 6.07) is 2.10. The molecule has 0 amide bonds. The number of aryl methyl sites for hydroxylation is 2. The average Bonchev–Trinajstić information content (AvgIpc) is 3.06. The summed E-state index contributed by atoms with van der Waals surface area (Å²) in [5.74, 6) is -0.436. The van der Waals surface area contributed by atoms with E-state index < -0.39 is 5.79 Å². The zero-order chi connectivity index (χ0) is 14.4. The van der Waals surface area contributed by atoms with E-state index in [0.717, 1.165) is 36.2 Å². The molecule has 1 aromatic rings. The van der Waals surface area contributed by atoms with E-state index in [-0.39, 0.29) is 0 Å². The number of nitrogens with one attached hydrogen (secondary N) is 1. The van der Waals surface area contributed by atoms with Crippen LogP contribution in [0.4, 0.5) is 0 Å². The van der Waals surface area contributed by atoms with Crippen molar-refractivity contribution in [1.29, 1.82) is 0 Å². The summed E-state index contributed by atoms with van der Waals surface area (Å²) in [7, 11) is 1.96. The maximum Gasteiger partial charge on any atom is 0.172 e. The third kappa shape index (κ3) is 2.05. The average molecular weight is 285 g/mol. The van der Waals surface area contributed by atoms with Gasteiger partial charge in [0.2, 0.25) is 0 Å². The van der Waals surface area contributed by atoms with Gasteiger partial charge in [-0.3, -0.25) is 4.68 Å². The molecule has 3 aliphatic rings. The number of hydrogen-bond donors (Lipinski definition) is 1. The molecule has 1 spiro atoms. The Morgan fingerprint density at radius 1 is 1.38 bits per heavy atom. The molecule has 1 fully saturated rings. The number of allylic oxidation sites excluding steroid dienone is 2. The highest BCUT2D eigenvalue weighted by Crippen LogP contribution is 2.43. The zero-order valence-corrected chi connectivity index (χ0v) is 12.4. The molecule has 1 N–H and O–H groups in total. The predicted molar refractivity (Wildman–Crippen MR) is 78.1 cm³/mol. The first-order valence-electron chi connectivity index (χ1n) is 7.40. The molecule has 1 aliphatic carbocycles. The van der Waals surface area contributed by atoms with Gasteiger partial charge in [0.1, 0.15) is 5.69 Å². The summed E-state index contributed by atoms with van der Waals surface area (Å²) in [6.45, 7) is 3.43. The van der Waals surface area contributed by atoms with Crippen LogP contribution in [0, 0.1) is 6.92 Å². The Bertz CT molecular complexity index is 667. The van der Waals surface area contributed by atoms with Crippen LogP contribution in [0.5, 0.6) is 0 Å². The number of rotatable bonds is 1. The highest BCUT2D eigenvalue weighted by Gasteiger charge is 2.42. The SMILES string of the molecule is Cc1cc(C2=C=CNC3=C2CC2(CC3)OCCO2)nn1C. The van der Waals surface area contributed by atoms with Crippen molar-refractivity contribution in [2.75, 3.05) is 13.2 Å². The third-order valence-corrected chi connectivity index (χ3v) is 4.51. The van der Waals surface area contributed by atoms with E-state index in [2.05, 4.69) is 29.1 Å². The Balaban J connectivity index is 1.74. The Kier molecular flexibility index (Phi) is 2.82. The van der Waals surface area contributed by atoms with Crippen LogP contribution in [0.15, 0.2) is 29.3 Å². The molecular formula is C16H19N3O2. The van der Waals surface area contributed by atoms with Crippen molar-refractivity contribution in [3.63, 3.8) is 0 Å². The first kappa shape index (κ1) is 12.9. The van der Waals surface area contributed by atoms with Gasteiger partial charge in [0, 0.05) is 37.5 Å². The van der Waals surface area contributed by atoms with Gasteiger partial charge in [-0.25, -0.2) is 0 Å². The molecule has 5 heteroatoms. The lowest BCUT2D eigenvalue weighted by Crippen LogP contribution is -2.36. The number of ether oxygens (including phenoxy) is 2. The fourth-order valence-corrected chi connectivity index (χ4v) is 3.27. The predicted octanol–water partition coefficient (Wildman–Crippen LogP) is 2.01. The van der Waals surface area contributed by atoms with E-state index in [1.807, 2.05) is 17.9 Å². The highest BCUT2D eigenvalue weighted by atomic mass is 16.7. The Labute approximate surface area is 123 Å². The maximum absolute atomic E-state index is 5.88. The highest BCUT2D eigenvalue weighted by molar-refractivity contribution is 5.79. The van der Waals surface area contributed by atoms with Crippen LogP contribution >= 0.6 is 0 Å². The molecule has 1 saturated heterocycles. The molecule has 0 radical (unpaired) electrons. The lowest BCUT2D eigenvalue weighted by atomic mass is 9.85. The standard InChI is InChI=1S/C16H19N3O2/c1-11-9-15(18-19(11)2)12-4-6-17-14-3-5-16(10-13(12)14)20-7-8-21-16/h6,9,17H,3,5,7-8,10H2,1-2H3. The second-order valence-corrected chi connectivity index (χ2v) is 5.84. The third-order valence-electron chi connectivity index (χ3n) is 4.51.